The van der Waals surface area contributed by atoms with Gasteiger partial charge < -0.3 is 4.74 Å². The minimum atomic E-state index is -0.627. The fourth-order valence-corrected chi connectivity index (χ4v) is 2.03. The number of halogens is 1. The third kappa shape index (κ3) is 2.58. The normalized spacial score (nSPS) is 10.5. The zero-order chi connectivity index (χ0) is 15.5. The lowest BCUT2D eigenvalue weighted by molar-refractivity contribution is 0.0587. The predicted octanol–water partition coefficient (Wildman–Crippen LogP) is 2.86. The SMILES string of the molecule is COC(=O)c1nc(-c2ccccc2)n(-c2ccc(F)cc2)n1. The summed E-state index contributed by atoms with van der Waals surface area (Å²) in [6.07, 6.45) is 0. The van der Waals surface area contributed by atoms with Crippen molar-refractivity contribution in [1.29, 1.82) is 0 Å². The van der Waals surface area contributed by atoms with Gasteiger partial charge in [0.15, 0.2) is 5.82 Å². The molecule has 5 nitrogen and oxygen atoms in total. The molecule has 110 valence electrons. The summed E-state index contributed by atoms with van der Waals surface area (Å²) in [5.74, 6) is -0.547. The van der Waals surface area contributed by atoms with E-state index in [4.69, 9.17) is 0 Å². The monoisotopic (exact) mass is 297 g/mol. The number of aromatic nitrogens is 3. The Bertz CT molecular complexity index is 798. The number of methoxy groups -OCH3 is 1. The molecule has 0 saturated carbocycles. The summed E-state index contributed by atoms with van der Waals surface area (Å²) < 4.78 is 19.2. The summed E-state index contributed by atoms with van der Waals surface area (Å²) in [6, 6.07) is 15.1. The van der Waals surface area contributed by atoms with Crippen molar-refractivity contribution < 1.29 is 13.9 Å². The molecule has 6 heteroatoms. The summed E-state index contributed by atoms with van der Waals surface area (Å²) in [5, 5.41) is 4.17. The summed E-state index contributed by atoms with van der Waals surface area (Å²) in [4.78, 5) is 15.9. The molecule has 0 aliphatic carbocycles. The van der Waals surface area contributed by atoms with Crippen LogP contribution in [0.2, 0.25) is 0 Å². The summed E-state index contributed by atoms with van der Waals surface area (Å²) in [5.41, 5.74) is 1.39. The molecule has 1 aromatic heterocycles. The molecule has 0 fully saturated rings. The van der Waals surface area contributed by atoms with E-state index >= 15 is 0 Å². The van der Waals surface area contributed by atoms with Crippen LogP contribution in [0.25, 0.3) is 17.1 Å². The van der Waals surface area contributed by atoms with Crippen LogP contribution < -0.4 is 0 Å². The second-order valence-corrected chi connectivity index (χ2v) is 4.50. The molecule has 0 radical (unpaired) electrons. The van der Waals surface area contributed by atoms with E-state index in [1.54, 1.807) is 12.1 Å². The number of carbonyl (C=O) groups excluding carboxylic acids is 1. The van der Waals surface area contributed by atoms with Gasteiger partial charge in [-0.3, -0.25) is 0 Å². The standard InChI is InChI=1S/C16H12FN3O2/c1-22-16(21)14-18-15(11-5-3-2-4-6-11)20(19-14)13-9-7-12(17)8-10-13/h2-10H,1H3. The Morgan fingerprint density at radius 1 is 1.09 bits per heavy atom. The Hall–Kier alpha value is -3.02. The van der Waals surface area contributed by atoms with Crippen molar-refractivity contribution in [2.24, 2.45) is 0 Å². The van der Waals surface area contributed by atoms with Crippen molar-refractivity contribution >= 4 is 5.97 Å². The Labute approximate surface area is 126 Å². The van der Waals surface area contributed by atoms with Gasteiger partial charge >= 0.3 is 5.97 Å². The lowest BCUT2D eigenvalue weighted by atomic mass is 10.2. The van der Waals surface area contributed by atoms with Crippen LogP contribution in [0, 0.1) is 5.82 Å². The van der Waals surface area contributed by atoms with E-state index in [2.05, 4.69) is 14.8 Å². The molecule has 1 heterocycles. The summed E-state index contributed by atoms with van der Waals surface area (Å²) in [6.45, 7) is 0. The van der Waals surface area contributed by atoms with Crippen LogP contribution in [0.4, 0.5) is 4.39 Å². The van der Waals surface area contributed by atoms with Gasteiger partial charge in [-0.1, -0.05) is 30.3 Å². The largest absolute Gasteiger partial charge is 0.463 e. The van der Waals surface area contributed by atoms with Crippen molar-refractivity contribution in [1.82, 2.24) is 14.8 Å². The average molecular weight is 297 g/mol. The van der Waals surface area contributed by atoms with Gasteiger partial charge in [0.05, 0.1) is 12.8 Å². The first-order valence-electron chi connectivity index (χ1n) is 6.56. The van der Waals surface area contributed by atoms with Gasteiger partial charge in [-0.25, -0.2) is 18.9 Å². The molecule has 22 heavy (non-hydrogen) atoms. The minimum absolute atomic E-state index is 0.0503. The molecular formula is C16H12FN3O2. The molecule has 3 rings (SSSR count). The fourth-order valence-electron chi connectivity index (χ4n) is 2.03. The van der Waals surface area contributed by atoms with E-state index in [-0.39, 0.29) is 11.6 Å². The molecule has 0 unspecified atom stereocenters. The zero-order valence-corrected chi connectivity index (χ0v) is 11.7. The quantitative estimate of drug-likeness (QED) is 0.698. The van der Waals surface area contributed by atoms with Crippen molar-refractivity contribution in [3.05, 3.63) is 66.2 Å². The lowest BCUT2D eigenvalue weighted by Crippen LogP contribution is -2.05. The van der Waals surface area contributed by atoms with Crippen LogP contribution in [0.1, 0.15) is 10.6 Å². The van der Waals surface area contributed by atoms with Crippen LogP contribution in [0.3, 0.4) is 0 Å². The second-order valence-electron chi connectivity index (χ2n) is 4.50. The van der Waals surface area contributed by atoms with Crippen LogP contribution >= 0.6 is 0 Å². The highest BCUT2D eigenvalue weighted by molar-refractivity contribution is 5.85. The van der Waals surface area contributed by atoms with Gasteiger partial charge in [-0.2, -0.15) is 0 Å². The Morgan fingerprint density at radius 2 is 1.77 bits per heavy atom. The predicted molar refractivity (Wildman–Crippen MR) is 78.1 cm³/mol. The fraction of sp³-hybridized carbons (Fsp3) is 0.0625. The van der Waals surface area contributed by atoms with Gasteiger partial charge in [0.1, 0.15) is 5.82 Å². The maximum absolute atomic E-state index is 13.1. The molecule has 0 saturated heterocycles. The van der Waals surface area contributed by atoms with Crippen molar-refractivity contribution in [3.8, 4) is 17.1 Å². The molecule has 3 aromatic rings. The highest BCUT2D eigenvalue weighted by Gasteiger charge is 2.18. The number of benzene rings is 2. The molecule has 0 aliphatic heterocycles. The average Bonchev–Trinajstić information content (AvgIpc) is 3.01. The first-order valence-corrected chi connectivity index (χ1v) is 6.56. The molecule has 0 aliphatic rings. The van der Waals surface area contributed by atoms with Crippen molar-refractivity contribution in [2.45, 2.75) is 0 Å². The van der Waals surface area contributed by atoms with Crippen LogP contribution in [0.5, 0.6) is 0 Å². The third-order valence-electron chi connectivity index (χ3n) is 3.08. The van der Waals surface area contributed by atoms with Crippen LogP contribution in [-0.2, 0) is 4.74 Å². The molecule has 0 spiro atoms. The number of nitrogens with zero attached hydrogens (tertiary/aromatic N) is 3. The third-order valence-corrected chi connectivity index (χ3v) is 3.08. The first-order chi connectivity index (χ1) is 10.7. The van der Waals surface area contributed by atoms with Gasteiger partial charge in [0.2, 0.25) is 0 Å². The number of ether oxygens (including phenoxy) is 1. The molecule has 0 amide bonds. The highest BCUT2D eigenvalue weighted by Crippen LogP contribution is 2.21. The lowest BCUT2D eigenvalue weighted by Gasteiger charge is -2.05. The molecular weight excluding hydrogens is 285 g/mol. The Kier molecular flexibility index (Phi) is 3.65. The number of rotatable bonds is 3. The molecule has 0 atom stereocenters. The number of carbonyl (C=O) groups is 1. The van der Waals surface area contributed by atoms with E-state index in [1.807, 2.05) is 30.3 Å². The topological polar surface area (TPSA) is 57.0 Å². The maximum Gasteiger partial charge on any atom is 0.377 e. The minimum Gasteiger partial charge on any atom is -0.463 e. The molecule has 0 N–H and O–H groups in total. The zero-order valence-electron chi connectivity index (χ0n) is 11.7. The van der Waals surface area contributed by atoms with Gasteiger partial charge in [0.25, 0.3) is 5.82 Å². The number of esters is 1. The first kappa shape index (κ1) is 13.9. The Balaban J connectivity index is 2.17. The van der Waals surface area contributed by atoms with E-state index in [9.17, 15) is 9.18 Å². The van der Waals surface area contributed by atoms with E-state index in [1.165, 1.54) is 23.9 Å². The molecule has 2 aromatic carbocycles. The van der Waals surface area contributed by atoms with E-state index in [0.717, 1.165) is 5.56 Å². The maximum atomic E-state index is 13.1. The van der Waals surface area contributed by atoms with Crippen LogP contribution in [-0.4, -0.2) is 27.8 Å². The van der Waals surface area contributed by atoms with Crippen molar-refractivity contribution in [2.75, 3.05) is 7.11 Å². The number of hydrogen-bond acceptors (Lipinski definition) is 4. The summed E-state index contributed by atoms with van der Waals surface area (Å²) in [7, 11) is 1.27. The van der Waals surface area contributed by atoms with Gasteiger partial charge in [-0.05, 0) is 24.3 Å². The van der Waals surface area contributed by atoms with Gasteiger partial charge in [0, 0.05) is 5.56 Å². The second kappa shape index (κ2) is 5.77. The highest BCUT2D eigenvalue weighted by atomic mass is 19.1. The van der Waals surface area contributed by atoms with Crippen LogP contribution in [0.15, 0.2) is 54.6 Å². The van der Waals surface area contributed by atoms with Crippen molar-refractivity contribution in [3.63, 3.8) is 0 Å². The Morgan fingerprint density at radius 3 is 2.41 bits per heavy atom. The molecule has 0 bridgehead atoms. The number of hydrogen-bond donors (Lipinski definition) is 0. The smallest absolute Gasteiger partial charge is 0.377 e. The summed E-state index contributed by atoms with van der Waals surface area (Å²) >= 11 is 0. The van der Waals surface area contributed by atoms with E-state index < -0.39 is 5.97 Å². The van der Waals surface area contributed by atoms with E-state index in [0.29, 0.717) is 11.5 Å². The van der Waals surface area contributed by atoms with Gasteiger partial charge in [-0.15, -0.1) is 5.10 Å².